The van der Waals surface area contributed by atoms with Crippen LogP contribution in [0.1, 0.15) is 18.4 Å². The maximum absolute atomic E-state index is 13.3. The monoisotopic (exact) mass is 295 g/mol. The molecular formula is C13H17Cl2F2N. The summed E-state index contributed by atoms with van der Waals surface area (Å²) in [6.07, 6.45) is -0.904. The van der Waals surface area contributed by atoms with E-state index in [-0.39, 0.29) is 12.4 Å². The number of halogens is 4. The zero-order valence-corrected chi connectivity index (χ0v) is 11.5. The first-order valence-electron chi connectivity index (χ1n) is 5.86. The van der Waals surface area contributed by atoms with E-state index < -0.39 is 11.8 Å². The third kappa shape index (κ3) is 3.34. The molecule has 0 atom stereocenters. The Morgan fingerprint density at radius 1 is 1.22 bits per heavy atom. The maximum atomic E-state index is 13.3. The third-order valence-corrected chi connectivity index (χ3v) is 3.93. The predicted octanol–water partition coefficient (Wildman–Crippen LogP) is 3.94. The van der Waals surface area contributed by atoms with Gasteiger partial charge in [-0.2, -0.15) is 0 Å². The molecule has 0 unspecified atom stereocenters. The summed E-state index contributed by atoms with van der Waals surface area (Å²) in [7, 11) is 0. The fourth-order valence-corrected chi connectivity index (χ4v) is 2.62. The first-order chi connectivity index (χ1) is 8.14. The zero-order chi connectivity index (χ0) is 12.3. The molecule has 1 N–H and O–H groups in total. The van der Waals surface area contributed by atoms with Crippen molar-refractivity contribution in [3.63, 3.8) is 0 Å². The van der Waals surface area contributed by atoms with Crippen molar-refractivity contribution < 1.29 is 8.78 Å². The van der Waals surface area contributed by atoms with Gasteiger partial charge in [-0.3, -0.25) is 0 Å². The minimum Gasteiger partial charge on any atom is -0.317 e. The number of nitrogens with one attached hydrogen (secondary N) is 1. The molecule has 0 bridgehead atoms. The van der Waals surface area contributed by atoms with Crippen molar-refractivity contribution in [2.45, 2.75) is 25.7 Å². The van der Waals surface area contributed by atoms with Crippen LogP contribution in [0.2, 0.25) is 5.02 Å². The van der Waals surface area contributed by atoms with E-state index in [0.717, 1.165) is 5.56 Å². The van der Waals surface area contributed by atoms with E-state index in [9.17, 15) is 8.78 Å². The minimum absolute atomic E-state index is 0. The number of alkyl halides is 2. The van der Waals surface area contributed by atoms with Gasteiger partial charge in [0.05, 0.1) is 0 Å². The van der Waals surface area contributed by atoms with Crippen molar-refractivity contribution >= 4 is 24.0 Å². The van der Waals surface area contributed by atoms with Gasteiger partial charge in [0.1, 0.15) is 0 Å². The molecule has 1 fully saturated rings. The molecule has 1 saturated heterocycles. The Balaban J connectivity index is 0.00000162. The summed E-state index contributed by atoms with van der Waals surface area (Å²) in [6, 6.07) is 7.27. The van der Waals surface area contributed by atoms with E-state index in [2.05, 4.69) is 5.32 Å². The molecule has 1 aromatic rings. The first-order valence-corrected chi connectivity index (χ1v) is 6.24. The van der Waals surface area contributed by atoms with Crippen molar-refractivity contribution in [3.05, 3.63) is 34.9 Å². The summed E-state index contributed by atoms with van der Waals surface area (Å²) in [5.41, 5.74) is -0.0765. The lowest BCUT2D eigenvalue weighted by molar-refractivity contribution is -0.0263. The standard InChI is InChI=1S/C13H16ClF2N.ClH/c14-11-4-2-1-3-10(11)9-13(12(15)16)5-7-17-8-6-13;/h1-4,12,17H,5-9H2;1H. The number of rotatable bonds is 3. The van der Waals surface area contributed by atoms with Gasteiger partial charge in [-0.1, -0.05) is 29.8 Å². The smallest absolute Gasteiger partial charge is 0.244 e. The highest BCUT2D eigenvalue weighted by atomic mass is 35.5. The molecule has 18 heavy (non-hydrogen) atoms. The molecule has 1 nitrogen and oxygen atoms in total. The van der Waals surface area contributed by atoms with Crippen LogP contribution in [0, 0.1) is 5.41 Å². The maximum Gasteiger partial charge on any atom is 0.244 e. The lowest BCUT2D eigenvalue weighted by Gasteiger charge is -2.37. The highest BCUT2D eigenvalue weighted by Gasteiger charge is 2.41. The average Bonchev–Trinajstić information content (AvgIpc) is 2.33. The fraction of sp³-hybridized carbons (Fsp3) is 0.538. The predicted molar refractivity (Wildman–Crippen MR) is 72.9 cm³/mol. The second-order valence-corrected chi connectivity index (χ2v) is 5.09. The van der Waals surface area contributed by atoms with Gasteiger partial charge in [0.15, 0.2) is 0 Å². The molecule has 0 radical (unpaired) electrons. The zero-order valence-electron chi connectivity index (χ0n) is 9.96. The normalized spacial score (nSPS) is 18.4. The van der Waals surface area contributed by atoms with Crippen molar-refractivity contribution in [3.8, 4) is 0 Å². The second-order valence-electron chi connectivity index (χ2n) is 4.68. The highest BCUT2D eigenvalue weighted by molar-refractivity contribution is 6.31. The van der Waals surface area contributed by atoms with Crippen molar-refractivity contribution in [2.24, 2.45) is 5.41 Å². The van der Waals surface area contributed by atoms with E-state index in [0.29, 0.717) is 37.4 Å². The van der Waals surface area contributed by atoms with Crippen LogP contribution in [-0.4, -0.2) is 19.5 Å². The summed E-state index contributed by atoms with van der Waals surface area (Å²) in [6.45, 7) is 1.32. The Hall–Kier alpha value is -0.380. The molecule has 0 saturated carbocycles. The minimum atomic E-state index is -2.29. The van der Waals surface area contributed by atoms with Gasteiger partial charge in [-0.05, 0) is 44.0 Å². The van der Waals surface area contributed by atoms with Crippen molar-refractivity contribution in [2.75, 3.05) is 13.1 Å². The van der Waals surface area contributed by atoms with Crippen LogP contribution in [0.25, 0.3) is 0 Å². The quantitative estimate of drug-likeness (QED) is 0.891. The fourth-order valence-electron chi connectivity index (χ4n) is 2.42. The molecule has 1 aromatic carbocycles. The summed E-state index contributed by atoms with van der Waals surface area (Å²) in [5.74, 6) is 0. The molecule has 0 aliphatic carbocycles. The molecule has 2 rings (SSSR count). The van der Waals surface area contributed by atoms with Gasteiger partial charge in [0, 0.05) is 10.4 Å². The SMILES string of the molecule is Cl.FC(F)C1(Cc2ccccc2Cl)CCNCC1. The molecule has 0 spiro atoms. The van der Waals surface area contributed by atoms with Crippen LogP contribution < -0.4 is 5.32 Å². The van der Waals surface area contributed by atoms with Crippen LogP contribution in [0.5, 0.6) is 0 Å². The van der Waals surface area contributed by atoms with Crippen LogP contribution in [0.3, 0.4) is 0 Å². The molecule has 0 aromatic heterocycles. The van der Waals surface area contributed by atoms with Crippen molar-refractivity contribution in [1.29, 1.82) is 0 Å². The van der Waals surface area contributed by atoms with E-state index in [1.54, 1.807) is 6.07 Å². The molecule has 102 valence electrons. The van der Waals surface area contributed by atoms with Crippen LogP contribution >= 0.6 is 24.0 Å². The Morgan fingerprint density at radius 3 is 2.39 bits per heavy atom. The van der Waals surface area contributed by atoms with Gasteiger partial charge in [0.25, 0.3) is 0 Å². The molecule has 1 aliphatic rings. The Labute approximate surface area is 117 Å². The average molecular weight is 296 g/mol. The first kappa shape index (κ1) is 15.7. The van der Waals surface area contributed by atoms with Crippen LogP contribution in [-0.2, 0) is 6.42 Å². The molecule has 1 heterocycles. The molecular weight excluding hydrogens is 279 g/mol. The number of piperidine rings is 1. The highest BCUT2D eigenvalue weighted by Crippen LogP contribution is 2.40. The van der Waals surface area contributed by atoms with Gasteiger partial charge in [-0.15, -0.1) is 12.4 Å². The number of hydrogen-bond acceptors (Lipinski definition) is 1. The summed E-state index contributed by atoms with van der Waals surface area (Å²) in [4.78, 5) is 0. The lowest BCUT2D eigenvalue weighted by atomic mass is 9.74. The third-order valence-electron chi connectivity index (χ3n) is 3.56. The van der Waals surface area contributed by atoms with E-state index >= 15 is 0 Å². The molecule has 1 aliphatic heterocycles. The Morgan fingerprint density at radius 2 is 1.83 bits per heavy atom. The van der Waals surface area contributed by atoms with E-state index in [4.69, 9.17) is 11.6 Å². The second kappa shape index (κ2) is 6.69. The van der Waals surface area contributed by atoms with Gasteiger partial charge in [0.2, 0.25) is 6.43 Å². The largest absolute Gasteiger partial charge is 0.317 e. The molecule has 5 heteroatoms. The van der Waals surface area contributed by atoms with Crippen LogP contribution in [0.15, 0.2) is 24.3 Å². The van der Waals surface area contributed by atoms with Gasteiger partial charge < -0.3 is 5.32 Å². The Kier molecular flexibility index (Phi) is 5.83. The molecule has 0 amide bonds. The van der Waals surface area contributed by atoms with Crippen LogP contribution in [0.4, 0.5) is 8.78 Å². The summed E-state index contributed by atoms with van der Waals surface area (Å²) in [5, 5.41) is 3.72. The van der Waals surface area contributed by atoms with Gasteiger partial charge in [-0.25, -0.2) is 8.78 Å². The van der Waals surface area contributed by atoms with E-state index in [1.807, 2.05) is 18.2 Å². The van der Waals surface area contributed by atoms with E-state index in [1.165, 1.54) is 0 Å². The Bertz CT molecular complexity index is 379. The lowest BCUT2D eigenvalue weighted by Crippen LogP contribution is -2.43. The topological polar surface area (TPSA) is 12.0 Å². The summed E-state index contributed by atoms with van der Waals surface area (Å²) >= 11 is 6.05. The summed E-state index contributed by atoms with van der Waals surface area (Å²) < 4.78 is 26.6. The number of hydrogen-bond donors (Lipinski definition) is 1. The van der Waals surface area contributed by atoms with Crippen molar-refractivity contribution in [1.82, 2.24) is 5.32 Å². The van der Waals surface area contributed by atoms with Gasteiger partial charge >= 0.3 is 0 Å². The number of benzene rings is 1.